The van der Waals surface area contributed by atoms with Crippen LogP contribution in [0.1, 0.15) is 35.1 Å². The molecule has 0 saturated heterocycles. The second-order valence-electron chi connectivity index (χ2n) is 6.00. The Morgan fingerprint density at radius 2 is 2.08 bits per heavy atom. The van der Waals surface area contributed by atoms with Gasteiger partial charge in [-0.15, -0.1) is 0 Å². The number of nitrogens with two attached hydrogens (primary N) is 1. The highest BCUT2D eigenvalue weighted by Gasteiger charge is 2.32. The van der Waals surface area contributed by atoms with E-state index in [2.05, 4.69) is 10.1 Å². The SMILES string of the molecule is NC(=O)Cc1nc(CC2CCc3ccccc32)n(CC(F)(F)F)n1. The molecule has 1 aromatic heterocycles. The lowest BCUT2D eigenvalue weighted by atomic mass is 9.97. The Hall–Kier alpha value is -2.38. The summed E-state index contributed by atoms with van der Waals surface area (Å²) >= 11 is 0. The lowest BCUT2D eigenvalue weighted by Crippen LogP contribution is -2.21. The molecule has 1 amide bonds. The second-order valence-corrected chi connectivity index (χ2v) is 6.00. The van der Waals surface area contributed by atoms with Gasteiger partial charge in [-0.25, -0.2) is 9.67 Å². The molecule has 1 aliphatic rings. The zero-order valence-corrected chi connectivity index (χ0v) is 12.9. The van der Waals surface area contributed by atoms with E-state index in [9.17, 15) is 18.0 Å². The predicted octanol–water partition coefficient (Wildman–Crippen LogP) is 2.14. The number of aryl methyl sites for hydroxylation is 1. The number of nitrogens with zero attached hydrogens (tertiary/aromatic N) is 3. The minimum absolute atomic E-state index is 0.0352. The zero-order chi connectivity index (χ0) is 17.3. The molecule has 0 saturated carbocycles. The van der Waals surface area contributed by atoms with Crippen LogP contribution in [0.25, 0.3) is 0 Å². The third-order valence-electron chi connectivity index (χ3n) is 4.14. The molecule has 1 aromatic carbocycles. The first-order valence-electron chi connectivity index (χ1n) is 7.67. The summed E-state index contributed by atoms with van der Waals surface area (Å²) in [5, 5.41) is 3.82. The Labute approximate surface area is 136 Å². The van der Waals surface area contributed by atoms with Gasteiger partial charge in [0.2, 0.25) is 5.91 Å². The number of benzene rings is 1. The quantitative estimate of drug-likeness (QED) is 0.908. The number of carbonyl (C=O) groups is 1. The van der Waals surface area contributed by atoms with Crippen molar-refractivity contribution in [3.8, 4) is 0 Å². The fourth-order valence-corrected chi connectivity index (χ4v) is 3.18. The van der Waals surface area contributed by atoms with Crippen molar-refractivity contribution >= 4 is 5.91 Å². The minimum atomic E-state index is -4.40. The van der Waals surface area contributed by atoms with E-state index in [1.165, 1.54) is 5.56 Å². The average Bonchev–Trinajstić information content (AvgIpc) is 3.02. The number of rotatable bonds is 5. The third kappa shape index (κ3) is 3.74. The van der Waals surface area contributed by atoms with Gasteiger partial charge in [-0.1, -0.05) is 24.3 Å². The Morgan fingerprint density at radius 3 is 2.79 bits per heavy atom. The average molecular weight is 338 g/mol. The van der Waals surface area contributed by atoms with Crippen molar-refractivity contribution in [1.29, 1.82) is 0 Å². The van der Waals surface area contributed by atoms with Crippen molar-refractivity contribution in [2.45, 2.75) is 44.3 Å². The van der Waals surface area contributed by atoms with E-state index in [-0.39, 0.29) is 24.0 Å². The van der Waals surface area contributed by atoms with E-state index >= 15 is 0 Å². The molecule has 1 aliphatic carbocycles. The van der Waals surface area contributed by atoms with Crippen molar-refractivity contribution < 1.29 is 18.0 Å². The smallest absolute Gasteiger partial charge is 0.369 e. The highest BCUT2D eigenvalue weighted by Crippen LogP contribution is 2.35. The number of halogens is 3. The molecule has 5 nitrogen and oxygen atoms in total. The van der Waals surface area contributed by atoms with Gasteiger partial charge >= 0.3 is 6.18 Å². The number of primary amides is 1. The van der Waals surface area contributed by atoms with E-state index in [4.69, 9.17) is 5.73 Å². The monoisotopic (exact) mass is 338 g/mol. The number of aromatic nitrogens is 3. The van der Waals surface area contributed by atoms with Gasteiger partial charge in [0.25, 0.3) is 0 Å². The molecule has 1 atom stereocenters. The Morgan fingerprint density at radius 1 is 1.33 bits per heavy atom. The summed E-state index contributed by atoms with van der Waals surface area (Å²) in [5.41, 5.74) is 7.46. The Bertz CT molecular complexity index is 754. The fourth-order valence-electron chi connectivity index (χ4n) is 3.18. The van der Waals surface area contributed by atoms with E-state index < -0.39 is 18.6 Å². The lowest BCUT2D eigenvalue weighted by Gasteiger charge is -2.13. The number of carbonyl (C=O) groups excluding carboxylic acids is 1. The summed E-state index contributed by atoms with van der Waals surface area (Å²) in [7, 11) is 0. The molecule has 2 N–H and O–H groups in total. The van der Waals surface area contributed by atoms with Crippen LogP contribution in [0.15, 0.2) is 24.3 Å². The van der Waals surface area contributed by atoms with Crippen LogP contribution in [0, 0.1) is 0 Å². The van der Waals surface area contributed by atoms with Gasteiger partial charge in [0.05, 0.1) is 6.42 Å². The van der Waals surface area contributed by atoms with Crippen molar-refractivity contribution in [1.82, 2.24) is 14.8 Å². The second kappa shape index (κ2) is 6.26. The minimum Gasteiger partial charge on any atom is -0.369 e. The topological polar surface area (TPSA) is 73.8 Å². The third-order valence-corrected chi connectivity index (χ3v) is 4.14. The molecule has 8 heteroatoms. The van der Waals surface area contributed by atoms with Crippen LogP contribution < -0.4 is 5.73 Å². The van der Waals surface area contributed by atoms with Crippen molar-refractivity contribution in [2.75, 3.05) is 0 Å². The van der Waals surface area contributed by atoms with E-state index in [0.29, 0.717) is 6.42 Å². The molecule has 3 rings (SSSR count). The summed E-state index contributed by atoms with van der Waals surface area (Å²) in [6, 6.07) is 7.92. The molecule has 0 aliphatic heterocycles. The van der Waals surface area contributed by atoms with E-state index in [1.54, 1.807) is 0 Å². The summed E-state index contributed by atoms with van der Waals surface area (Å²) in [6.45, 7) is -1.22. The normalized spacial score (nSPS) is 17.0. The number of amides is 1. The molecule has 0 spiro atoms. The summed E-state index contributed by atoms with van der Waals surface area (Å²) in [5.74, 6) is -0.283. The Kier molecular flexibility index (Phi) is 4.29. The van der Waals surface area contributed by atoms with Crippen molar-refractivity contribution in [3.05, 3.63) is 47.0 Å². The van der Waals surface area contributed by atoms with Gasteiger partial charge in [-0.3, -0.25) is 4.79 Å². The standard InChI is InChI=1S/C16H17F3N4O/c17-16(18,19)9-23-15(21-14(22-23)8-13(20)24)7-11-6-5-10-3-1-2-4-12(10)11/h1-4,11H,5-9H2,(H2,20,24). The van der Waals surface area contributed by atoms with E-state index in [0.717, 1.165) is 23.1 Å². The first-order chi connectivity index (χ1) is 11.3. The molecular weight excluding hydrogens is 321 g/mol. The van der Waals surface area contributed by atoms with Crippen molar-refractivity contribution in [2.24, 2.45) is 5.73 Å². The maximum atomic E-state index is 12.8. The predicted molar refractivity (Wildman–Crippen MR) is 80.2 cm³/mol. The maximum absolute atomic E-state index is 12.8. The number of hydrogen-bond acceptors (Lipinski definition) is 3. The van der Waals surface area contributed by atoms with Crippen LogP contribution >= 0.6 is 0 Å². The maximum Gasteiger partial charge on any atom is 0.408 e. The largest absolute Gasteiger partial charge is 0.408 e. The molecule has 0 radical (unpaired) electrons. The number of hydrogen-bond donors (Lipinski definition) is 1. The van der Waals surface area contributed by atoms with Crippen LogP contribution in [0.3, 0.4) is 0 Å². The summed E-state index contributed by atoms with van der Waals surface area (Å²) in [6.07, 6.45) is -2.54. The highest BCUT2D eigenvalue weighted by molar-refractivity contribution is 5.75. The Balaban J connectivity index is 1.86. The van der Waals surface area contributed by atoms with Gasteiger partial charge in [0.15, 0.2) is 5.82 Å². The van der Waals surface area contributed by atoms with Crippen LogP contribution in [-0.2, 0) is 30.6 Å². The molecular formula is C16H17F3N4O. The molecule has 24 heavy (non-hydrogen) atoms. The van der Waals surface area contributed by atoms with Gasteiger partial charge in [0, 0.05) is 6.42 Å². The summed E-state index contributed by atoms with van der Waals surface area (Å²) in [4.78, 5) is 15.1. The first-order valence-corrected chi connectivity index (χ1v) is 7.67. The first kappa shape index (κ1) is 16.5. The molecule has 2 aromatic rings. The van der Waals surface area contributed by atoms with E-state index in [1.807, 2.05) is 24.3 Å². The van der Waals surface area contributed by atoms with Crippen molar-refractivity contribution in [3.63, 3.8) is 0 Å². The molecule has 0 bridgehead atoms. The van der Waals surface area contributed by atoms with Gasteiger partial charge in [-0.05, 0) is 29.9 Å². The van der Waals surface area contributed by atoms with Crippen LogP contribution in [0.4, 0.5) is 13.2 Å². The van der Waals surface area contributed by atoms with Gasteiger partial charge < -0.3 is 5.73 Å². The van der Waals surface area contributed by atoms with Crippen LogP contribution in [0.5, 0.6) is 0 Å². The molecule has 0 fully saturated rings. The van der Waals surface area contributed by atoms with Crippen LogP contribution in [0.2, 0.25) is 0 Å². The number of alkyl halides is 3. The fraction of sp³-hybridized carbons (Fsp3) is 0.438. The highest BCUT2D eigenvalue weighted by atomic mass is 19.4. The molecule has 128 valence electrons. The number of fused-ring (bicyclic) bond motifs is 1. The zero-order valence-electron chi connectivity index (χ0n) is 12.9. The van der Waals surface area contributed by atoms with Gasteiger partial charge in [-0.2, -0.15) is 18.3 Å². The summed E-state index contributed by atoms with van der Waals surface area (Å²) < 4.78 is 39.1. The molecule has 1 unspecified atom stereocenters. The lowest BCUT2D eigenvalue weighted by molar-refractivity contribution is -0.143. The molecule has 1 heterocycles. The van der Waals surface area contributed by atoms with Gasteiger partial charge in [0.1, 0.15) is 12.4 Å². The van der Waals surface area contributed by atoms with Crippen LogP contribution in [-0.4, -0.2) is 26.8 Å².